The number of H-pyrrole nitrogens is 1. The molecule has 2 aromatic rings. The Morgan fingerprint density at radius 2 is 1.83 bits per heavy atom. The average molecular weight is 336 g/mol. The van der Waals surface area contributed by atoms with Gasteiger partial charge in [-0.1, -0.05) is 6.92 Å². The number of aromatic amines is 1. The number of aromatic nitrogens is 3. The molecule has 0 bridgehead atoms. The van der Waals surface area contributed by atoms with E-state index in [0.29, 0.717) is 22.0 Å². The molecule has 124 valence electrons. The number of nitrogens with one attached hydrogen (secondary N) is 1. The van der Waals surface area contributed by atoms with E-state index >= 15 is 0 Å². The molecule has 7 nitrogen and oxygen atoms in total. The molecule has 0 saturated carbocycles. The molecule has 1 heterocycles. The summed E-state index contributed by atoms with van der Waals surface area (Å²) in [6.45, 7) is 2.07. The summed E-state index contributed by atoms with van der Waals surface area (Å²) < 4.78 is 18.0. The minimum Gasteiger partial charge on any atom is -0.496 e. The predicted molar refractivity (Wildman–Crippen MR) is 90.5 cm³/mol. The zero-order valence-electron chi connectivity index (χ0n) is 13.6. The molecule has 0 saturated heterocycles. The van der Waals surface area contributed by atoms with Gasteiger partial charge in [-0.2, -0.15) is 14.9 Å². The van der Waals surface area contributed by atoms with Crippen LogP contribution in [0.1, 0.15) is 24.7 Å². The van der Waals surface area contributed by atoms with Gasteiger partial charge in [-0.05, 0) is 24.7 Å². The first-order chi connectivity index (χ1) is 11.1. The van der Waals surface area contributed by atoms with Gasteiger partial charge in [0.15, 0.2) is 17.3 Å². The fourth-order valence-corrected chi connectivity index (χ4v) is 2.30. The minimum atomic E-state index is 0.448. The zero-order valence-corrected chi connectivity index (χ0v) is 14.4. The lowest BCUT2D eigenvalue weighted by Gasteiger charge is -2.11. The third kappa shape index (κ3) is 3.70. The fraction of sp³-hybridized carbons (Fsp3) is 0.400. The zero-order chi connectivity index (χ0) is 16.8. The number of hydrogen-bond acceptors (Lipinski definition) is 6. The van der Waals surface area contributed by atoms with Crippen LogP contribution in [-0.2, 0) is 6.42 Å². The summed E-state index contributed by atoms with van der Waals surface area (Å²) in [7, 11) is 4.74. The van der Waals surface area contributed by atoms with Crippen molar-refractivity contribution in [2.45, 2.75) is 19.8 Å². The second-order valence-corrected chi connectivity index (χ2v) is 5.09. The van der Waals surface area contributed by atoms with Crippen LogP contribution < -0.4 is 14.2 Å². The molecule has 1 aromatic heterocycles. The van der Waals surface area contributed by atoms with Crippen molar-refractivity contribution >= 4 is 18.4 Å². The van der Waals surface area contributed by atoms with Gasteiger partial charge in [0.05, 0.1) is 27.5 Å². The largest absolute Gasteiger partial charge is 0.496 e. The van der Waals surface area contributed by atoms with Gasteiger partial charge in [0.1, 0.15) is 5.75 Å². The van der Waals surface area contributed by atoms with Gasteiger partial charge in [0.2, 0.25) is 4.77 Å². The molecule has 0 fully saturated rings. The Morgan fingerprint density at radius 1 is 1.17 bits per heavy atom. The molecule has 0 radical (unpaired) electrons. The average Bonchev–Trinajstić information content (AvgIpc) is 2.92. The van der Waals surface area contributed by atoms with E-state index in [0.717, 1.165) is 24.2 Å². The summed E-state index contributed by atoms with van der Waals surface area (Å²) in [4.78, 5) is 0. The number of benzene rings is 1. The van der Waals surface area contributed by atoms with Crippen LogP contribution in [-0.4, -0.2) is 42.4 Å². The quantitative estimate of drug-likeness (QED) is 0.622. The number of aryl methyl sites for hydroxylation is 1. The summed E-state index contributed by atoms with van der Waals surface area (Å²) >= 11 is 5.21. The first-order valence-corrected chi connectivity index (χ1v) is 7.56. The maximum Gasteiger partial charge on any atom is 0.216 e. The Balaban J connectivity index is 2.43. The number of rotatable bonds is 7. The second kappa shape index (κ2) is 7.77. The van der Waals surface area contributed by atoms with E-state index in [1.165, 1.54) is 0 Å². The summed E-state index contributed by atoms with van der Waals surface area (Å²) in [6.07, 6.45) is 3.40. The lowest BCUT2D eigenvalue weighted by molar-refractivity contribution is 0.349. The molecule has 8 heteroatoms. The van der Waals surface area contributed by atoms with Crippen LogP contribution in [0.2, 0.25) is 0 Å². The molecule has 0 unspecified atom stereocenters. The lowest BCUT2D eigenvalue weighted by atomic mass is 10.2. The summed E-state index contributed by atoms with van der Waals surface area (Å²) in [6, 6.07) is 3.55. The highest BCUT2D eigenvalue weighted by atomic mass is 32.1. The number of methoxy groups -OCH3 is 3. The molecule has 1 N–H and O–H groups in total. The van der Waals surface area contributed by atoms with Crippen LogP contribution in [0, 0.1) is 4.77 Å². The van der Waals surface area contributed by atoms with Gasteiger partial charge in [0.25, 0.3) is 0 Å². The Bertz CT molecular complexity index is 752. The Labute approximate surface area is 139 Å². The SMILES string of the molecule is CCCc1n[nH]c(=S)n1/N=C/c1cc(OC)c(OC)cc1OC. The van der Waals surface area contributed by atoms with Crippen molar-refractivity contribution in [3.8, 4) is 17.2 Å². The molecule has 1 aromatic carbocycles. The van der Waals surface area contributed by atoms with Crippen LogP contribution in [0.4, 0.5) is 0 Å². The molecule has 0 aliphatic rings. The maximum absolute atomic E-state index is 5.38. The molecule has 0 aliphatic carbocycles. The van der Waals surface area contributed by atoms with Crippen LogP contribution in [0.25, 0.3) is 0 Å². The lowest BCUT2D eigenvalue weighted by Crippen LogP contribution is -2.00. The van der Waals surface area contributed by atoms with Gasteiger partial charge in [-0.3, -0.25) is 5.10 Å². The number of ether oxygens (including phenoxy) is 3. The van der Waals surface area contributed by atoms with E-state index in [-0.39, 0.29) is 0 Å². The first kappa shape index (κ1) is 17.0. The van der Waals surface area contributed by atoms with Crippen molar-refractivity contribution in [2.24, 2.45) is 5.10 Å². The standard InChI is InChI=1S/C15H20N4O3S/c1-5-6-14-17-18-15(23)19(14)16-9-10-7-12(21-3)13(22-4)8-11(10)20-2/h7-9H,5-6H2,1-4H3,(H,18,23)/b16-9+. The molecule has 2 rings (SSSR count). The van der Waals surface area contributed by atoms with Crippen molar-refractivity contribution in [1.82, 2.24) is 14.9 Å². The number of nitrogens with zero attached hydrogens (tertiary/aromatic N) is 3. The van der Waals surface area contributed by atoms with E-state index < -0.39 is 0 Å². The highest BCUT2D eigenvalue weighted by molar-refractivity contribution is 7.71. The molecular formula is C15H20N4O3S. The van der Waals surface area contributed by atoms with Crippen LogP contribution >= 0.6 is 12.2 Å². The number of hydrogen-bond donors (Lipinski definition) is 1. The van der Waals surface area contributed by atoms with Crippen LogP contribution in [0.15, 0.2) is 17.2 Å². The summed E-state index contributed by atoms with van der Waals surface area (Å²) in [5.41, 5.74) is 0.746. The Kier molecular flexibility index (Phi) is 5.75. The Morgan fingerprint density at radius 3 is 2.43 bits per heavy atom. The van der Waals surface area contributed by atoms with E-state index in [1.54, 1.807) is 44.4 Å². The third-order valence-corrected chi connectivity index (χ3v) is 3.50. The van der Waals surface area contributed by atoms with E-state index in [1.807, 2.05) is 0 Å². The monoisotopic (exact) mass is 336 g/mol. The first-order valence-electron chi connectivity index (χ1n) is 7.15. The van der Waals surface area contributed by atoms with Gasteiger partial charge < -0.3 is 14.2 Å². The van der Waals surface area contributed by atoms with E-state index in [9.17, 15) is 0 Å². The van der Waals surface area contributed by atoms with Crippen molar-refractivity contribution in [3.63, 3.8) is 0 Å². The smallest absolute Gasteiger partial charge is 0.216 e. The minimum absolute atomic E-state index is 0.448. The van der Waals surface area contributed by atoms with Crippen molar-refractivity contribution in [1.29, 1.82) is 0 Å². The van der Waals surface area contributed by atoms with E-state index in [2.05, 4.69) is 22.2 Å². The van der Waals surface area contributed by atoms with Crippen molar-refractivity contribution < 1.29 is 14.2 Å². The topological polar surface area (TPSA) is 73.7 Å². The van der Waals surface area contributed by atoms with Gasteiger partial charge in [-0.15, -0.1) is 0 Å². The van der Waals surface area contributed by atoms with E-state index in [4.69, 9.17) is 26.4 Å². The molecule has 23 heavy (non-hydrogen) atoms. The van der Waals surface area contributed by atoms with Gasteiger partial charge in [0, 0.05) is 18.1 Å². The molecule has 0 spiro atoms. The highest BCUT2D eigenvalue weighted by Gasteiger charge is 2.11. The predicted octanol–water partition coefficient (Wildman–Crippen LogP) is 2.80. The van der Waals surface area contributed by atoms with Crippen LogP contribution in [0.5, 0.6) is 17.2 Å². The molecule has 0 amide bonds. The van der Waals surface area contributed by atoms with Crippen LogP contribution in [0.3, 0.4) is 0 Å². The normalized spacial score (nSPS) is 11.0. The second-order valence-electron chi connectivity index (χ2n) is 4.70. The Hall–Kier alpha value is -2.35. The molecule has 0 aliphatic heterocycles. The highest BCUT2D eigenvalue weighted by Crippen LogP contribution is 2.33. The van der Waals surface area contributed by atoms with Crippen molar-refractivity contribution in [3.05, 3.63) is 28.3 Å². The summed E-state index contributed by atoms with van der Waals surface area (Å²) in [5, 5.41) is 11.3. The van der Waals surface area contributed by atoms with Gasteiger partial charge in [-0.25, -0.2) is 0 Å². The summed E-state index contributed by atoms with van der Waals surface area (Å²) in [5.74, 6) is 2.60. The molecular weight excluding hydrogens is 316 g/mol. The fourth-order valence-electron chi connectivity index (χ4n) is 2.10. The van der Waals surface area contributed by atoms with Gasteiger partial charge >= 0.3 is 0 Å². The maximum atomic E-state index is 5.38. The third-order valence-electron chi connectivity index (χ3n) is 3.24. The molecule has 0 atom stereocenters. The van der Waals surface area contributed by atoms with Crippen molar-refractivity contribution in [2.75, 3.05) is 21.3 Å².